The molecule has 2 amide bonds. The Morgan fingerprint density at radius 3 is 2.29 bits per heavy atom. The molecule has 1 fully saturated rings. The number of ether oxygens (including phenoxy) is 4. The van der Waals surface area contributed by atoms with Gasteiger partial charge in [0.1, 0.15) is 5.70 Å². The lowest BCUT2D eigenvalue weighted by molar-refractivity contribution is -0.131. The fourth-order valence-corrected chi connectivity index (χ4v) is 4.14. The van der Waals surface area contributed by atoms with E-state index < -0.39 is 5.91 Å². The summed E-state index contributed by atoms with van der Waals surface area (Å²) in [5.41, 5.74) is 2.28. The second-order valence-corrected chi connectivity index (χ2v) is 8.04. The summed E-state index contributed by atoms with van der Waals surface area (Å²) >= 11 is 0. The van der Waals surface area contributed by atoms with E-state index >= 15 is 0 Å². The van der Waals surface area contributed by atoms with Crippen molar-refractivity contribution in [3.05, 3.63) is 59.4 Å². The minimum Gasteiger partial charge on any atom is -0.493 e. The lowest BCUT2D eigenvalue weighted by atomic mass is 10.1. The second-order valence-electron chi connectivity index (χ2n) is 8.04. The molecule has 2 heterocycles. The standard InChI is InChI=1S/C26H29N3O6/c1-28-16-18(19-7-5-6-8-21(19)28)13-20(26(31)29-9-11-35-12-10-29)27-25(30)17-14-22(32-2)24(34-4)23(15-17)33-3/h5-8,13-16H,9-12H2,1-4H3,(H,27,30). The van der Waals surface area contributed by atoms with Crippen molar-refractivity contribution < 1.29 is 28.5 Å². The zero-order valence-corrected chi connectivity index (χ0v) is 20.3. The normalized spacial score (nSPS) is 14.1. The van der Waals surface area contributed by atoms with Gasteiger partial charge < -0.3 is 33.7 Å². The van der Waals surface area contributed by atoms with Gasteiger partial charge in [0.05, 0.1) is 34.5 Å². The third kappa shape index (κ3) is 4.95. The smallest absolute Gasteiger partial charge is 0.270 e. The van der Waals surface area contributed by atoms with Crippen molar-refractivity contribution in [2.45, 2.75) is 0 Å². The molecule has 0 aliphatic carbocycles. The summed E-state index contributed by atoms with van der Waals surface area (Å²) in [4.78, 5) is 28.5. The molecule has 1 saturated heterocycles. The number of hydrogen-bond donors (Lipinski definition) is 1. The summed E-state index contributed by atoms with van der Waals surface area (Å²) in [7, 11) is 6.39. The molecule has 1 aliphatic heterocycles. The predicted octanol–water partition coefficient (Wildman–Crippen LogP) is 2.83. The van der Waals surface area contributed by atoms with Gasteiger partial charge in [0.25, 0.3) is 11.8 Å². The van der Waals surface area contributed by atoms with Crippen LogP contribution < -0.4 is 19.5 Å². The van der Waals surface area contributed by atoms with Crippen LogP contribution in [0.3, 0.4) is 0 Å². The molecule has 1 aliphatic rings. The molecule has 9 heteroatoms. The summed E-state index contributed by atoms with van der Waals surface area (Å²) in [5.74, 6) is 0.314. The molecule has 0 radical (unpaired) electrons. The van der Waals surface area contributed by atoms with E-state index in [0.717, 1.165) is 16.5 Å². The maximum Gasteiger partial charge on any atom is 0.270 e. The van der Waals surface area contributed by atoms with E-state index in [1.54, 1.807) is 23.1 Å². The Hall–Kier alpha value is -3.98. The highest BCUT2D eigenvalue weighted by Crippen LogP contribution is 2.38. The highest BCUT2D eigenvalue weighted by atomic mass is 16.5. The van der Waals surface area contributed by atoms with Crippen LogP contribution in [-0.2, 0) is 16.6 Å². The average Bonchev–Trinajstić information content (AvgIpc) is 3.22. The summed E-state index contributed by atoms with van der Waals surface area (Å²) in [6, 6.07) is 11.0. The Morgan fingerprint density at radius 1 is 1.00 bits per heavy atom. The van der Waals surface area contributed by atoms with Gasteiger partial charge in [0.2, 0.25) is 5.75 Å². The third-order valence-corrected chi connectivity index (χ3v) is 5.93. The molecule has 1 N–H and O–H groups in total. The molecular formula is C26H29N3O6. The Morgan fingerprint density at radius 2 is 1.66 bits per heavy atom. The third-order valence-electron chi connectivity index (χ3n) is 5.93. The first-order chi connectivity index (χ1) is 17.0. The van der Waals surface area contributed by atoms with E-state index in [1.807, 2.05) is 42.1 Å². The number of morpholine rings is 1. The van der Waals surface area contributed by atoms with Gasteiger partial charge in [-0.1, -0.05) is 18.2 Å². The molecule has 9 nitrogen and oxygen atoms in total. The van der Waals surface area contributed by atoms with Crippen molar-refractivity contribution in [3.8, 4) is 17.2 Å². The Balaban J connectivity index is 1.74. The summed E-state index contributed by atoms with van der Waals surface area (Å²) in [6.07, 6.45) is 3.65. The lowest BCUT2D eigenvalue weighted by Crippen LogP contribution is -2.44. The number of carbonyl (C=O) groups is 2. The number of para-hydroxylation sites is 1. The minimum absolute atomic E-state index is 0.169. The summed E-state index contributed by atoms with van der Waals surface area (Å²) in [5, 5.41) is 3.80. The van der Waals surface area contributed by atoms with E-state index in [1.165, 1.54) is 21.3 Å². The largest absolute Gasteiger partial charge is 0.493 e. The van der Waals surface area contributed by atoms with Crippen molar-refractivity contribution in [1.29, 1.82) is 0 Å². The van der Waals surface area contributed by atoms with Crippen molar-refractivity contribution in [2.75, 3.05) is 47.6 Å². The van der Waals surface area contributed by atoms with Crippen LogP contribution >= 0.6 is 0 Å². The number of methoxy groups -OCH3 is 3. The Bertz CT molecular complexity index is 1250. The van der Waals surface area contributed by atoms with E-state index in [0.29, 0.717) is 43.6 Å². The van der Waals surface area contributed by atoms with Gasteiger partial charge in [-0.05, 0) is 24.3 Å². The van der Waals surface area contributed by atoms with Gasteiger partial charge in [-0.3, -0.25) is 9.59 Å². The molecule has 0 spiro atoms. The Labute approximate surface area is 203 Å². The zero-order chi connectivity index (χ0) is 24.9. The molecule has 0 unspecified atom stereocenters. The quantitative estimate of drug-likeness (QED) is 0.524. The Kier molecular flexibility index (Phi) is 7.26. The van der Waals surface area contributed by atoms with Crippen LogP contribution in [0.2, 0.25) is 0 Å². The SMILES string of the molecule is COc1cc(C(=O)NC(=Cc2cn(C)c3ccccc23)C(=O)N2CCOCC2)cc(OC)c1OC. The summed E-state index contributed by atoms with van der Waals surface area (Å²) in [6.45, 7) is 1.81. The number of nitrogens with zero attached hydrogens (tertiary/aromatic N) is 2. The van der Waals surface area contributed by atoms with E-state index in [-0.39, 0.29) is 17.2 Å². The van der Waals surface area contributed by atoms with Crippen LogP contribution in [0, 0.1) is 0 Å². The lowest BCUT2D eigenvalue weighted by Gasteiger charge is -2.28. The van der Waals surface area contributed by atoms with Crippen LogP contribution in [0.25, 0.3) is 17.0 Å². The van der Waals surface area contributed by atoms with Crippen molar-refractivity contribution in [1.82, 2.24) is 14.8 Å². The molecule has 1 aromatic heterocycles. The maximum absolute atomic E-state index is 13.5. The van der Waals surface area contributed by atoms with Crippen LogP contribution in [0.4, 0.5) is 0 Å². The molecule has 4 rings (SSSR count). The van der Waals surface area contributed by atoms with E-state index in [4.69, 9.17) is 18.9 Å². The van der Waals surface area contributed by atoms with Crippen molar-refractivity contribution in [3.63, 3.8) is 0 Å². The van der Waals surface area contributed by atoms with Gasteiger partial charge in [0, 0.05) is 48.4 Å². The van der Waals surface area contributed by atoms with Gasteiger partial charge in [-0.15, -0.1) is 0 Å². The molecule has 2 aromatic carbocycles. The average molecular weight is 480 g/mol. The molecular weight excluding hydrogens is 450 g/mol. The summed E-state index contributed by atoms with van der Waals surface area (Å²) < 4.78 is 23.5. The fraction of sp³-hybridized carbons (Fsp3) is 0.308. The molecule has 0 atom stereocenters. The number of amides is 2. The number of aromatic nitrogens is 1. The number of benzene rings is 2. The number of rotatable bonds is 7. The molecule has 35 heavy (non-hydrogen) atoms. The van der Waals surface area contributed by atoms with Crippen LogP contribution in [0.1, 0.15) is 15.9 Å². The monoisotopic (exact) mass is 479 g/mol. The van der Waals surface area contributed by atoms with Crippen LogP contribution in [-0.4, -0.2) is 68.9 Å². The minimum atomic E-state index is -0.475. The number of fused-ring (bicyclic) bond motifs is 1. The highest BCUT2D eigenvalue weighted by Gasteiger charge is 2.24. The molecule has 184 valence electrons. The first kappa shape index (κ1) is 24.2. The maximum atomic E-state index is 13.5. The number of aryl methyl sites for hydroxylation is 1. The van der Waals surface area contributed by atoms with Gasteiger partial charge in [-0.25, -0.2) is 0 Å². The number of carbonyl (C=O) groups excluding carboxylic acids is 2. The van der Waals surface area contributed by atoms with Crippen LogP contribution in [0.15, 0.2) is 48.3 Å². The van der Waals surface area contributed by atoms with Crippen molar-refractivity contribution in [2.24, 2.45) is 7.05 Å². The highest BCUT2D eigenvalue weighted by molar-refractivity contribution is 6.07. The number of hydrogen-bond acceptors (Lipinski definition) is 6. The topological polar surface area (TPSA) is 91.3 Å². The van der Waals surface area contributed by atoms with Gasteiger partial charge in [0.15, 0.2) is 11.5 Å². The first-order valence-electron chi connectivity index (χ1n) is 11.2. The van der Waals surface area contributed by atoms with E-state index in [9.17, 15) is 9.59 Å². The fourth-order valence-electron chi connectivity index (χ4n) is 4.14. The number of nitrogens with one attached hydrogen (secondary N) is 1. The first-order valence-corrected chi connectivity index (χ1v) is 11.2. The van der Waals surface area contributed by atoms with Gasteiger partial charge in [-0.2, -0.15) is 0 Å². The molecule has 3 aromatic rings. The predicted molar refractivity (Wildman–Crippen MR) is 132 cm³/mol. The zero-order valence-electron chi connectivity index (χ0n) is 20.3. The van der Waals surface area contributed by atoms with Crippen molar-refractivity contribution >= 4 is 28.8 Å². The molecule has 0 bridgehead atoms. The van der Waals surface area contributed by atoms with Gasteiger partial charge >= 0.3 is 0 Å². The molecule has 0 saturated carbocycles. The van der Waals surface area contributed by atoms with Crippen LogP contribution in [0.5, 0.6) is 17.2 Å². The van der Waals surface area contributed by atoms with E-state index in [2.05, 4.69) is 5.32 Å². The second kappa shape index (κ2) is 10.5.